The number of carbonyl (C=O) groups excluding carboxylic acids is 1. The Morgan fingerprint density at radius 3 is 2.29 bits per heavy atom. The molecule has 4 atom stereocenters. The van der Waals surface area contributed by atoms with Crippen molar-refractivity contribution in [3.05, 3.63) is 16.7 Å². The molecule has 2 N–H and O–H groups in total. The van der Waals surface area contributed by atoms with Gasteiger partial charge in [-0.2, -0.15) is 10.0 Å². The highest BCUT2D eigenvalue weighted by Crippen LogP contribution is 2.53. The highest BCUT2D eigenvalue weighted by molar-refractivity contribution is 6.84. The molecular formula is C32H57N7O7Si2. The second kappa shape index (κ2) is 13.9. The Kier molecular flexibility index (Phi) is 10.8. The third-order valence-electron chi connectivity index (χ3n) is 10.0. The lowest BCUT2D eigenvalue weighted by atomic mass is 9.94. The van der Waals surface area contributed by atoms with Crippen molar-refractivity contribution in [3.8, 4) is 0 Å². The van der Waals surface area contributed by atoms with Crippen LogP contribution in [0.3, 0.4) is 0 Å². The van der Waals surface area contributed by atoms with Crippen molar-refractivity contribution >= 4 is 40.1 Å². The van der Waals surface area contributed by atoms with E-state index in [0.717, 1.165) is 13.0 Å². The van der Waals surface area contributed by atoms with E-state index in [4.69, 9.17) is 22.5 Å². The summed E-state index contributed by atoms with van der Waals surface area (Å²) in [5.41, 5.74) is -0.338. The molecule has 3 fully saturated rings. The van der Waals surface area contributed by atoms with Crippen LogP contribution in [-0.4, -0.2) is 111 Å². The van der Waals surface area contributed by atoms with Crippen LogP contribution in [0.15, 0.2) is 11.1 Å². The molecule has 1 amide bonds. The SMILES string of the molecule is CC(C)C(=O)Nc1nc2c(ncn2[C@@H]2O[C@]34CO[Si](C(C)C)(C(C)C)O[Si](C(C)C)(C(C)C)OC3[C@@H]2ON(CCCN(C)C)C4)c(=O)[nH]1. The van der Waals surface area contributed by atoms with E-state index in [9.17, 15) is 9.59 Å². The third-order valence-corrected chi connectivity index (χ3v) is 20.3. The zero-order chi connectivity index (χ0) is 35.3. The number of hydrogen-bond donors (Lipinski definition) is 2. The first kappa shape index (κ1) is 37.2. The number of nitrogens with one attached hydrogen (secondary N) is 2. The monoisotopic (exact) mass is 707 g/mol. The van der Waals surface area contributed by atoms with E-state index >= 15 is 0 Å². The van der Waals surface area contributed by atoms with Crippen LogP contribution in [0, 0.1) is 5.92 Å². The topological polar surface area (TPSA) is 145 Å². The highest BCUT2D eigenvalue weighted by atomic mass is 28.5. The van der Waals surface area contributed by atoms with E-state index in [2.05, 4.69) is 94.7 Å². The Balaban J connectivity index is 1.64. The Morgan fingerprint density at radius 2 is 1.71 bits per heavy atom. The van der Waals surface area contributed by atoms with Gasteiger partial charge < -0.3 is 22.6 Å². The van der Waals surface area contributed by atoms with E-state index in [1.54, 1.807) is 24.7 Å². The number of carbonyl (C=O) groups is 1. The van der Waals surface area contributed by atoms with Gasteiger partial charge in [-0.1, -0.05) is 69.2 Å². The lowest BCUT2D eigenvalue weighted by Gasteiger charge is -2.55. The van der Waals surface area contributed by atoms with Gasteiger partial charge in [0, 0.05) is 12.5 Å². The number of anilines is 1. The molecule has 3 saturated heterocycles. The van der Waals surface area contributed by atoms with Crippen LogP contribution in [0.1, 0.15) is 81.9 Å². The fourth-order valence-corrected chi connectivity index (χ4v) is 18.7. The van der Waals surface area contributed by atoms with E-state index < -0.39 is 46.7 Å². The molecule has 1 unspecified atom stereocenters. The van der Waals surface area contributed by atoms with Crippen LogP contribution >= 0.6 is 0 Å². The average Bonchev–Trinajstić information content (AvgIpc) is 3.46. The van der Waals surface area contributed by atoms with E-state index in [0.29, 0.717) is 13.1 Å². The molecule has 3 aliphatic rings. The van der Waals surface area contributed by atoms with Crippen molar-refractivity contribution in [2.45, 2.75) is 122 Å². The number of nitrogens with zero attached hydrogens (tertiary/aromatic N) is 5. The van der Waals surface area contributed by atoms with Gasteiger partial charge in [0.1, 0.15) is 11.7 Å². The lowest BCUT2D eigenvalue weighted by Crippen LogP contribution is -2.71. The number of ether oxygens (including phenoxy) is 1. The van der Waals surface area contributed by atoms with Gasteiger partial charge in [-0.25, -0.2) is 4.98 Å². The summed E-state index contributed by atoms with van der Waals surface area (Å²) in [4.78, 5) is 46.4. The molecule has 5 rings (SSSR count). The molecule has 0 saturated carbocycles. The van der Waals surface area contributed by atoms with Crippen LogP contribution < -0.4 is 10.9 Å². The minimum absolute atomic E-state index is 0.0491. The molecule has 0 radical (unpaired) electrons. The van der Waals surface area contributed by atoms with Gasteiger partial charge in [-0.15, -0.1) is 0 Å². The molecule has 3 aliphatic heterocycles. The summed E-state index contributed by atoms with van der Waals surface area (Å²) in [6.07, 6.45) is 0.574. The number of imidazole rings is 1. The normalized spacial score (nSPS) is 27.4. The number of hydrogen-bond acceptors (Lipinski definition) is 11. The van der Waals surface area contributed by atoms with Gasteiger partial charge in [0.2, 0.25) is 11.9 Å². The summed E-state index contributed by atoms with van der Waals surface area (Å²) >= 11 is 0. The largest absolute Gasteiger partial charge is 0.414 e. The highest BCUT2D eigenvalue weighted by Gasteiger charge is 2.69. The van der Waals surface area contributed by atoms with Crippen LogP contribution in [0.2, 0.25) is 22.2 Å². The predicted molar refractivity (Wildman–Crippen MR) is 188 cm³/mol. The van der Waals surface area contributed by atoms with Gasteiger partial charge in [0.05, 0.1) is 19.5 Å². The summed E-state index contributed by atoms with van der Waals surface area (Å²) in [6.45, 7) is 23.5. The maximum absolute atomic E-state index is 13.1. The minimum Gasteiger partial charge on any atom is -0.414 e. The second-order valence-electron chi connectivity index (χ2n) is 15.5. The Labute approximate surface area is 286 Å². The lowest BCUT2D eigenvalue weighted by molar-refractivity contribution is -0.269. The Morgan fingerprint density at radius 1 is 1.06 bits per heavy atom. The third kappa shape index (κ3) is 6.59. The van der Waals surface area contributed by atoms with Crippen LogP contribution in [0.5, 0.6) is 0 Å². The van der Waals surface area contributed by atoms with Gasteiger partial charge in [-0.05, 0) is 49.2 Å². The predicted octanol–water partition coefficient (Wildman–Crippen LogP) is 4.51. The summed E-state index contributed by atoms with van der Waals surface area (Å²) < 4.78 is 31.1. The second-order valence-corrected chi connectivity index (χ2v) is 24.4. The molecule has 0 aliphatic carbocycles. The number of amides is 1. The number of fused-ring (bicyclic) bond motifs is 1. The van der Waals surface area contributed by atoms with Gasteiger partial charge in [0.25, 0.3) is 5.56 Å². The molecule has 0 spiro atoms. The summed E-state index contributed by atoms with van der Waals surface area (Å²) in [5.74, 6) is -0.510. The van der Waals surface area contributed by atoms with E-state index in [1.165, 1.54) is 0 Å². The molecule has 5 heterocycles. The molecule has 48 heavy (non-hydrogen) atoms. The number of hydroxylamine groups is 2. The average molecular weight is 708 g/mol. The van der Waals surface area contributed by atoms with Crippen molar-refractivity contribution in [2.24, 2.45) is 5.92 Å². The standard InChI is InChI=1S/C32H57N7O7Si2/c1-19(2)28(40)35-31-34-27-24(29(41)36-31)33-18-39(27)30-25-26-32(43-30,16-38(44-25)15-13-14-37(11)12)17-42-47(20(3)4,21(5)6)46-48(45-26,22(7)8)23(9)10/h18-23,25-26,30H,13-17H2,1-12H3,(H2,34,35,36,40,41)/t25-,26?,30+,32+/m0/s1. The zero-order valence-corrected chi connectivity index (χ0v) is 32.8. The first-order valence-electron chi connectivity index (χ1n) is 17.5. The maximum Gasteiger partial charge on any atom is 0.335 e. The molecule has 2 bridgehead atoms. The molecule has 270 valence electrons. The minimum atomic E-state index is -3.01. The van der Waals surface area contributed by atoms with Crippen molar-refractivity contribution in [2.75, 3.05) is 45.7 Å². The molecule has 14 nitrogen and oxygen atoms in total. The molecule has 16 heteroatoms. The first-order valence-corrected chi connectivity index (χ1v) is 21.4. The number of aromatic nitrogens is 4. The van der Waals surface area contributed by atoms with Crippen molar-refractivity contribution < 1.29 is 27.3 Å². The molecule has 2 aromatic heterocycles. The first-order chi connectivity index (χ1) is 22.5. The van der Waals surface area contributed by atoms with Crippen molar-refractivity contribution in [1.82, 2.24) is 29.5 Å². The zero-order valence-electron chi connectivity index (χ0n) is 30.8. The molecular weight excluding hydrogens is 651 g/mol. The smallest absolute Gasteiger partial charge is 0.335 e. The molecule has 2 aromatic rings. The van der Waals surface area contributed by atoms with Crippen molar-refractivity contribution in [3.63, 3.8) is 0 Å². The summed E-state index contributed by atoms with van der Waals surface area (Å²) in [5, 5.41) is 4.71. The van der Waals surface area contributed by atoms with Crippen LogP contribution in [0.4, 0.5) is 5.95 Å². The van der Waals surface area contributed by atoms with Crippen LogP contribution in [0.25, 0.3) is 11.2 Å². The van der Waals surface area contributed by atoms with Crippen molar-refractivity contribution in [1.29, 1.82) is 0 Å². The fraction of sp³-hybridized carbons (Fsp3) is 0.812. The van der Waals surface area contributed by atoms with Gasteiger partial charge in [0.15, 0.2) is 23.5 Å². The summed E-state index contributed by atoms with van der Waals surface area (Å²) in [7, 11) is -1.75. The van der Waals surface area contributed by atoms with Crippen LogP contribution in [-0.2, 0) is 27.3 Å². The quantitative estimate of drug-likeness (QED) is 0.319. The number of rotatable bonds is 11. The van der Waals surface area contributed by atoms with Gasteiger partial charge >= 0.3 is 17.1 Å². The summed E-state index contributed by atoms with van der Waals surface area (Å²) in [6, 6.07) is 0. The molecule has 0 aromatic carbocycles. The van der Waals surface area contributed by atoms with E-state index in [1.807, 2.05) is 5.06 Å². The fourth-order valence-electron chi connectivity index (χ4n) is 7.39. The number of aromatic amines is 1. The van der Waals surface area contributed by atoms with Gasteiger partial charge in [-0.3, -0.25) is 29.3 Å². The maximum atomic E-state index is 13.1. The van der Waals surface area contributed by atoms with E-state index in [-0.39, 0.29) is 57.7 Å². The Hall–Kier alpha value is -2.03. The Bertz CT molecular complexity index is 1500. The number of H-pyrrole nitrogens is 1.